The molecule has 0 fully saturated rings. The van der Waals surface area contributed by atoms with E-state index in [-0.39, 0.29) is 38.7 Å². The number of aryl methyl sites for hydroxylation is 7. The average molecular weight is 1380 g/mol. The number of allylic oxidation sites excluding steroid dienone is 4. The van der Waals surface area contributed by atoms with Gasteiger partial charge in [-0.25, -0.2) is 34.1 Å². The van der Waals surface area contributed by atoms with E-state index in [1.807, 2.05) is 67.6 Å². The Morgan fingerprint density at radius 2 is 0.895 bits per heavy atom. The minimum atomic E-state index is -0.616. The monoisotopic (exact) mass is 1380 g/mol. The number of carbonyl (C=O) groups is 4. The van der Waals surface area contributed by atoms with Crippen molar-refractivity contribution in [3.63, 3.8) is 0 Å². The third-order valence-electron chi connectivity index (χ3n) is 14.8. The summed E-state index contributed by atoms with van der Waals surface area (Å²) in [6.07, 6.45) is 36.5. The van der Waals surface area contributed by atoms with E-state index < -0.39 is 23.9 Å². The molecule has 0 amide bonds. The van der Waals surface area contributed by atoms with E-state index >= 15 is 0 Å². The van der Waals surface area contributed by atoms with Crippen molar-refractivity contribution in [3.8, 4) is 0 Å². The summed E-state index contributed by atoms with van der Waals surface area (Å²) in [7, 11) is 0. The minimum Gasteiger partial charge on any atom is -0.618 e. The highest BCUT2D eigenvalue weighted by Crippen LogP contribution is 2.28. The van der Waals surface area contributed by atoms with Crippen molar-refractivity contribution in [2.75, 3.05) is 59.5 Å². The lowest BCUT2D eigenvalue weighted by Crippen LogP contribution is -2.35. The number of halogens is 1. The first-order chi connectivity index (χ1) is 46.1. The van der Waals surface area contributed by atoms with Crippen LogP contribution < -0.4 is 4.73 Å². The standard InChI is InChI=1S/C15H20N2O4.C15H20N2O3.C14H17BrN2O3.C14H18N2O3.C8H13NO.C5H6/c1-3-21-15(19)14-8-13-12(10-17(14)20)11(2)9-16(13)6-4-5-7-18;1-3-20-15(19)13-8-14-12(9-16-13)11(2)10-17(14)6-4-5-7-18;1-2-20-14(19)12-7-13-10(8-16-12)11(15)9-17(13)5-3-4-6-18;1-2-19-14(18)12-9-13-11(10-15-12)5-7-16(13)6-3-4-8-17;10-8-4-3-7-9-5-1-2-6-9;1-2-4-5-3-1/h8-10,18H,3-7H2,1-2H3;8-10,18H,3-7H2,1-2H3;7-9,18H,2-6H2,1H3;5,7,9-10,17H,2-4,6,8H2,1H3;1-2,5-6,10H,3-4,7-8H2;1-4H,5H2. The van der Waals surface area contributed by atoms with Crippen LogP contribution in [0, 0.1) is 19.1 Å². The molecule has 1 aliphatic rings. The number of hydrogen-bond donors (Lipinski definition) is 5. The summed E-state index contributed by atoms with van der Waals surface area (Å²) in [4.78, 5) is 59.3. The average Bonchev–Trinajstić information content (AvgIpc) is 1.70. The number of nitrogens with zero attached hydrogens (tertiary/aromatic N) is 9. The highest BCUT2D eigenvalue weighted by Gasteiger charge is 2.22. The van der Waals surface area contributed by atoms with Crippen LogP contribution in [0.5, 0.6) is 0 Å². The molecule has 0 saturated heterocycles. The summed E-state index contributed by atoms with van der Waals surface area (Å²) in [6.45, 7) is 17.5. The van der Waals surface area contributed by atoms with E-state index in [9.17, 15) is 24.4 Å². The van der Waals surface area contributed by atoms with Gasteiger partial charge in [0.15, 0.2) is 6.20 Å². The lowest BCUT2D eigenvalue weighted by molar-refractivity contribution is -0.606. The van der Waals surface area contributed by atoms with Gasteiger partial charge in [-0.15, -0.1) is 0 Å². The summed E-state index contributed by atoms with van der Waals surface area (Å²) in [6, 6.07) is 12.9. The number of aliphatic hydroxyl groups is 5. The summed E-state index contributed by atoms with van der Waals surface area (Å²) in [5, 5.41) is 59.6. The SMILES string of the molecule is C1=CCC=C1.CCOC(=O)c1cc2c(c[n+]1[O-])c(C)cn2CCCCO.CCOC(=O)c1cc2c(ccn2CCCCO)cn1.CCOC(=O)c1cc2c(cn1)c(Br)cn2CCCCO.CCOC(=O)c1cc2c(cn1)c(C)cn2CCCCO.OCCCCn1cccc1. The van der Waals surface area contributed by atoms with Crippen molar-refractivity contribution in [3.05, 3.63) is 172 Å². The number of esters is 4. The predicted octanol–water partition coefficient (Wildman–Crippen LogP) is 11.3. The summed E-state index contributed by atoms with van der Waals surface area (Å²) >= 11 is 3.49. The molecule has 24 heteroatoms. The largest absolute Gasteiger partial charge is 0.618 e. The smallest absolute Gasteiger partial charge is 0.405 e. The second kappa shape index (κ2) is 42.7. The number of fused-ring (bicyclic) bond motifs is 4. The van der Waals surface area contributed by atoms with Crippen molar-refractivity contribution < 1.29 is 68.4 Å². The number of aromatic nitrogens is 9. The van der Waals surface area contributed by atoms with E-state index in [0.29, 0.717) is 48.2 Å². The van der Waals surface area contributed by atoms with Gasteiger partial charge >= 0.3 is 29.6 Å². The molecule has 9 aromatic rings. The summed E-state index contributed by atoms with van der Waals surface area (Å²) in [5.41, 5.74) is 6.81. The molecule has 23 nitrogen and oxygen atoms in total. The first-order valence-electron chi connectivity index (χ1n) is 32.5. The third-order valence-corrected chi connectivity index (χ3v) is 15.4. The molecule has 1 aliphatic carbocycles. The lowest BCUT2D eigenvalue weighted by Gasteiger charge is -2.07. The normalized spacial score (nSPS) is 11.2. The van der Waals surface area contributed by atoms with Crippen molar-refractivity contribution in [1.82, 2.24) is 37.8 Å². The van der Waals surface area contributed by atoms with E-state index in [2.05, 4.69) is 79.7 Å². The molecule has 10 rings (SSSR count). The second-order valence-electron chi connectivity index (χ2n) is 21.8. The molecular formula is C71H94BrN9O14. The topological polar surface area (TPSA) is 297 Å². The Kier molecular flexibility index (Phi) is 34.7. The summed E-state index contributed by atoms with van der Waals surface area (Å²) in [5.74, 6) is -1.81. The number of ether oxygens (including phenoxy) is 4. The van der Waals surface area contributed by atoms with Gasteiger partial charge in [-0.3, -0.25) is 0 Å². The highest BCUT2D eigenvalue weighted by molar-refractivity contribution is 9.10. The van der Waals surface area contributed by atoms with Crippen LogP contribution in [0.1, 0.15) is 151 Å². The molecular weight excluding hydrogens is 1280 g/mol. The molecule has 0 aliphatic heterocycles. The second-order valence-corrected chi connectivity index (χ2v) is 22.7. The van der Waals surface area contributed by atoms with E-state index in [0.717, 1.165) is 163 Å². The zero-order chi connectivity index (χ0) is 68.9. The van der Waals surface area contributed by atoms with Crippen molar-refractivity contribution in [2.45, 2.75) is 145 Å². The maximum atomic E-state index is 11.9. The third kappa shape index (κ3) is 24.3. The van der Waals surface area contributed by atoms with Crippen LogP contribution in [-0.2, 0) is 51.7 Å². The first kappa shape index (κ1) is 77.2. The zero-order valence-electron chi connectivity index (χ0n) is 55.6. The van der Waals surface area contributed by atoms with Gasteiger partial charge in [0, 0.05) is 148 Å². The predicted molar refractivity (Wildman–Crippen MR) is 370 cm³/mol. The van der Waals surface area contributed by atoms with Crippen LogP contribution in [0.3, 0.4) is 0 Å². The quantitative estimate of drug-likeness (QED) is 0.0100. The van der Waals surface area contributed by atoms with Crippen LogP contribution in [0.2, 0.25) is 0 Å². The van der Waals surface area contributed by atoms with Crippen molar-refractivity contribution >= 4 is 83.4 Å². The Hall–Kier alpha value is -8.52. The van der Waals surface area contributed by atoms with Gasteiger partial charge in [0.25, 0.3) is 0 Å². The molecule has 0 radical (unpaired) electrons. The summed E-state index contributed by atoms with van der Waals surface area (Å²) < 4.78 is 31.6. The van der Waals surface area contributed by atoms with Gasteiger partial charge in [-0.1, -0.05) is 24.3 Å². The van der Waals surface area contributed by atoms with Crippen molar-refractivity contribution in [2.24, 2.45) is 0 Å². The molecule has 0 bridgehead atoms. The number of unbranched alkanes of at least 4 members (excludes halogenated alkanes) is 5. The number of rotatable bonds is 28. The molecule has 5 N–H and O–H groups in total. The van der Waals surface area contributed by atoms with Gasteiger partial charge in [-0.2, -0.15) is 4.73 Å². The van der Waals surface area contributed by atoms with Crippen LogP contribution in [0.15, 0.2) is 133 Å². The van der Waals surface area contributed by atoms with E-state index in [4.69, 9.17) is 44.5 Å². The van der Waals surface area contributed by atoms with Gasteiger partial charge in [0.05, 0.1) is 53.9 Å². The fourth-order valence-corrected chi connectivity index (χ4v) is 10.5. The van der Waals surface area contributed by atoms with Gasteiger partial charge in [0.1, 0.15) is 17.1 Å². The molecule has 514 valence electrons. The van der Waals surface area contributed by atoms with Gasteiger partial charge < -0.3 is 72.5 Å². The number of hydrogen-bond acceptors (Lipinski definition) is 17. The Balaban J connectivity index is 0.000000213. The van der Waals surface area contributed by atoms with Crippen LogP contribution in [0.4, 0.5) is 0 Å². The molecule has 0 saturated carbocycles. The Morgan fingerprint density at radius 3 is 1.36 bits per heavy atom. The molecule has 95 heavy (non-hydrogen) atoms. The number of aliphatic hydroxyl groups excluding tert-OH is 5. The minimum absolute atomic E-state index is 0.00846. The molecule has 9 heterocycles. The fourth-order valence-electron chi connectivity index (χ4n) is 9.97. The molecule has 9 aromatic heterocycles. The van der Waals surface area contributed by atoms with Crippen molar-refractivity contribution in [1.29, 1.82) is 0 Å². The maximum absolute atomic E-state index is 11.9. The van der Waals surface area contributed by atoms with Gasteiger partial charge in [-0.05, 0) is 176 Å². The highest BCUT2D eigenvalue weighted by atomic mass is 79.9. The number of pyridine rings is 4. The Bertz CT molecular complexity index is 3730. The number of carbonyl (C=O) groups excluding carboxylic acids is 4. The van der Waals surface area contributed by atoms with E-state index in [1.165, 1.54) is 6.20 Å². The zero-order valence-corrected chi connectivity index (χ0v) is 57.2. The van der Waals surface area contributed by atoms with Gasteiger partial charge in [0.2, 0.25) is 0 Å². The Labute approximate surface area is 563 Å². The molecule has 0 aromatic carbocycles. The fraction of sp³-hybridized carbons (Fsp3) is 0.437. The van der Waals surface area contributed by atoms with E-state index in [1.54, 1.807) is 70.6 Å². The lowest BCUT2D eigenvalue weighted by atomic mass is 10.2. The molecule has 0 atom stereocenters. The maximum Gasteiger partial charge on any atom is 0.405 e. The molecule has 0 spiro atoms. The molecule has 0 unspecified atom stereocenters. The van der Waals surface area contributed by atoms with Crippen LogP contribution in [-0.4, -0.2) is 147 Å². The Morgan fingerprint density at radius 1 is 0.495 bits per heavy atom. The van der Waals surface area contributed by atoms with Crippen LogP contribution >= 0.6 is 15.9 Å². The first-order valence-corrected chi connectivity index (χ1v) is 33.3. The van der Waals surface area contributed by atoms with Crippen LogP contribution in [0.25, 0.3) is 43.6 Å².